The Kier molecular flexibility index (Phi) is 14.3. The van der Waals surface area contributed by atoms with E-state index < -0.39 is 58.5 Å². The lowest BCUT2D eigenvalue weighted by molar-refractivity contribution is -0.117. The summed E-state index contributed by atoms with van der Waals surface area (Å²) in [6.07, 6.45) is 8.37. The van der Waals surface area contributed by atoms with Gasteiger partial charge < -0.3 is 35.0 Å². The summed E-state index contributed by atoms with van der Waals surface area (Å²) in [5.74, 6) is -0.719. The number of benzene rings is 2. The Morgan fingerprint density at radius 1 is 0.667 bits per heavy atom. The van der Waals surface area contributed by atoms with Crippen molar-refractivity contribution in [1.82, 2.24) is 29.3 Å². The van der Waals surface area contributed by atoms with E-state index >= 15 is 0 Å². The summed E-state index contributed by atoms with van der Waals surface area (Å²) in [6, 6.07) is 5.90. The Morgan fingerprint density at radius 3 is 1.48 bits per heavy atom. The maximum Gasteiger partial charge on any atom is 0.293 e. The van der Waals surface area contributed by atoms with Crippen molar-refractivity contribution in [3.8, 4) is 24.2 Å². The summed E-state index contributed by atoms with van der Waals surface area (Å²) in [6.45, 7) is 6.08. The summed E-state index contributed by atoms with van der Waals surface area (Å²) in [7, 11) is 4.90. The number of amides is 4. The number of ketones is 2. The zero-order valence-electron chi connectivity index (χ0n) is 33.4. The number of nitrogens with one attached hydrogen (secondary N) is 4. The van der Waals surface area contributed by atoms with Crippen molar-refractivity contribution in [2.45, 2.75) is 27.7 Å². The molecule has 0 fully saturated rings. The van der Waals surface area contributed by atoms with Crippen molar-refractivity contribution in [2.24, 2.45) is 21.1 Å². The predicted molar refractivity (Wildman–Crippen MR) is 212 cm³/mol. The Labute approximate surface area is 341 Å². The van der Waals surface area contributed by atoms with Crippen LogP contribution in [-0.2, 0) is 30.7 Å². The molecule has 0 aliphatic heterocycles. The van der Waals surface area contributed by atoms with Crippen molar-refractivity contribution in [3.05, 3.63) is 123 Å². The number of hydrogen-bond acceptors (Lipinski definition) is 7. The standard InChI is InChI=1S/C23H21F2N5O3.C19H17F2N3O3/c1-13-19(21(31)23(33)27-9-5-6-18-26-10-11-29(18)3)14(2)30(4)20(13)22(32)28-15-7-8-16(24)17(25)12-15;1-5-8-22-19(27)17(25)15-10(2)16(24(4)11(15)3)18(26)23-12-6-7-13(20)14(21)9-12/h7-8,10-12H,9H2,1-4H3,(H,27,33)(H,28,32);1,6-7,9H,8H2,2-4H3,(H,22,27)(H,23,26). The Hall–Kier alpha value is -7.73. The lowest BCUT2D eigenvalue weighted by Gasteiger charge is -2.08. The number of imidazole rings is 1. The van der Waals surface area contributed by atoms with E-state index in [1.807, 2.05) is 0 Å². The molecule has 4 N–H and O–H groups in total. The van der Waals surface area contributed by atoms with Gasteiger partial charge in [0.05, 0.1) is 24.2 Å². The number of rotatable bonds is 10. The quantitative estimate of drug-likeness (QED) is 0.0700. The molecule has 18 heteroatoms. The summed E-state index contributed by atoms with van der Waals surface area (Å²) in [4.78, 5) is 78.9. The molecule has 2 aromatic carbocycles. The van der Waals surface area contributed by atoms with Crippen LogP contribution in [-0.4, -0.2) is 67.0 Å². The lowest BCUT2D eigenvalue weighted by Crippen LogP contribution is -2.32. The monoisotopic (exact) mass is 826 g/mol. The van der Waals surface area contributed by atoms with Gasteiger partial charge >= 0.3 is 0 Å². The van der Waals surface area contributed by atoms with Crippen molar-refractivity contribution in [3.63, 3.8) is 0 Å². The minimum Gasteiger partial charge on any atom is -0.343 e. The molecule has 5 aromatic rings. The Balaban J connectivity index is 0.000000270. The molecule has 0 atom stereocenters. The molecule has 310 valence electrons. The first kappa shape index (κ1) is 45.0. The number of hydrogen-bond donors (Lipinski definition) is 4. The number of halogens is 4. The van der Waals surface area contributed by atoms with Crippen molar-refractivity contribution in [1.29, 1.82) is 0 Å². The lowest BCUT2D eigenvalue weighted by atomic mass is 10.0. The number of aryl methyl sites for hydroxylation is 1. The first-order valence-corrected chi connectivity index (χ1v) is 17.7. The highest BCUT2D eigenvalue weighted by molar-refractivity contribution is 6.44. The average Bonchev–Trinajstić information content (AvgIpc) is 3.79. The van der Waals surface area contributed by atoms with Gasteiger partial charge in [-0.05, 0) is 69.0 Å². The van der Waals surface area contributed by atoms with Crippen LogP contribution >= 0.6 is 0 Å². The van der Waals surface area contributed by atoms with Crippen LogP contribution in [0.5, 0.6) is 0 Å². The number of carbonyl (C=O) groups excluding carboxylic acids is 6. The number of aromatic nitrogens is 4. The van der Waals surface area contributed by atoms with Gasteiger partial charge in [0.1, 0.15) is 11.4 Å². The summed E-state index contributed by atoms with van der Waals surface area (Å²) >= 11 is 0. The van der Waals surface area contributed by atoms with Gasteiger partial charge in [-0.25, -0.2) is 22.5 Å². The van der Waals surface area contributed by atoms with E-state index in [0.29, 0.717) is 17.2 Å². The maximum absolute atomic E-state index is 13.4. The topological polar surface area (TPSA) is 178 Å². The molecule has 3 aromatic heterocycles. The van der Waals surface area contributed by atoms with Gasteiger partial charge in [-0.2, -0.15) is 0 Å². The van der Waals surface area contributed by atoms with Crippen LogP contribution in [0.15, 0.2) is 48.8 Å². The fraction of sp³-hybridized carbons (Fsp3) is 0.214. The SMILES string of the molecule is C#CCNC(=O)C(=O)c1c(C)c(C(=O)Nc2ccc(F)c(F)c2)n(C)c1C.Cc1c(C(=O)C(=O)NCC#Cc2nccn2C)c(C)n(C)c1C(=O)Nc1ccc(F)c(F)c1. The number of terminal acetylenes is 1. The summed E-state index contributed by atoms with van der Waals surface area (Å²) < 4.78 is 57.5. The molecule has 0 unspecified atom stereocenters. The van der Waals surface area contributed by atoms with Crippen molar-refractivity contribution < 1.29 is 46.3 Å². The number of Topliss-reactive ketones (excluding diaryl/α,β-unsaturated/α-hetero) is 2. The second-order valence-electron chi connectivity index (χ2n) is 13.0. The summed E-state index contributed by atoms with van der Waals surface area (Å²) in [5.41, 5.74) is 1.89. The molecule has 14 nitrogen and oxygen atoms in total. The van der Waals surface area contributed by atoms with Crippen molar-refractivity contribution in [2.75, 3.05) is 23.7 Å². The fourth-order valence-corrected chi connectivity index (χ4v) is 6.05. The third-order valence-electron chi connectivity index (χ3n) is 9.22. The third kappa shape index (κ3) is 9.86. The first-order chi connectivity index (χ1) is 28.3. The third-order valence-corrected chi connectivity index (χ3v) is 9.22. The maximum atomic E-state index is 13.4. The van der Waals surface area contributed by atoms with Crippen LogP contribution in [0.1, 0.15) is 70.0 Å². The highest BCUT2D eigenvalue weighted by Crippen LogP contribution is 2.25. The van der Waals surface area contributed by atoms with Crippen molar-refractivity contribution >= 4 is 46.6 Å². The number of nitrogens with zero attached hydrogens (tertiary/aromatic N) is 4. The number of carbonyl (C=O) groups is 6. The van der Waals surface area contributed by atoms with Crippen LogP contribution in [0.3, 0.4) is 0 Å². The molecular formula is C42H38F4N8O6. The van der Waals surface area contributed by atoms with E-state index in [1.165, 1.54) is 35.1 Å². The van der Waals surface area contributed by atoms with E-state index in [9.17, 15) is 46.3 Å². The normalized spacial score (nSPS) is 10.3. The van der Waals surface area contributed by atoms with Crippen LogP contribution in [0.25, 0.3) is 0 Å². The van der Waals surface area contributed by atoms with Gasteiger partial charge in [0.15, 0.2) is 29.1 Å². The van der Waals surface area contributed by atoms with Gasteiger partial charge in [0.25, 0.3) is 35.2 Å². The number of anilines is 2. The second-order valence-corrected chi connectivity index (χ2v) is 13.0. The van der Waals surface area contributed by atoms with E-state index in [2.05, 4.69) is 44.0 Å². The first-order valence-electron chi connectivity index (χ1n) is 17.7. The zero-order valence-corrected chi connectivity index (χ0v) is 33.4. The predicted octanol–water partition coefficient (Wildman–Crippen LogP) is 4.36. The largest absolute Gasteiger partial charge is 0.343 e. The van der Waals surface area contributed by atoms with Crippen LogP contribution < -0.4 is 21.3 Å². The Morgan fingerprint density at radius 2 is 1.10 bits per heavy atom. The van der Waals surface area contributed by atoms with Gasteiger partial charge in [-0.15, -0.1) is 6.42 Å². The molecule has 0 aliphatic rings. The minimum atomic E-state index is -1.11. The molecule has 60 heavy (non-hydrogen) atoms. The van der Waals surface area contributed by atoms with Gasteiger partial charge in [-0.1, -0.05) is 11.8 Å². The van der Waals surface area contributed by atoms with Gasteiger partial charge in [0, 0.05) is 68.4 Å². The average molecular weight is 827 g/mol. The highest BCUT2D eigenvalue weighted by atomic mass is 19.2. The molecule has 0 radical (unpaired) electrons. The van der Waals surface area contributed by atoms with E-state index in [-0.39, 0.29) is 58.1 Å². The fourth-order valence-electron chi connectivity index (χ4n) is 6.05. The van der Waals surface area contributed by atoms with E-state index in [4.69, 9.17) is 6.42 Å². The van der Waals surface area contributed by atoms with E-state index in [1.54, 1.807) is 52.0 Å². The zero-order chi connectivity index (χ0) is 44.6. The highest BCUT2D eigenvalue weighted by Gasteiger charge is 2.30. The smallest absolute Gasteiger partial charge is 0.293 e. The van der Waals surface area contributed by atoms with Crippen LogP contribution in [0.2, 0.25) is 0 Å². The van der Waals surface area contributed by atoms with Gasteiger partial charge in [-0.3, -0.25) is 28.8 Å². The molecule has 0 saturated carbocycles. The minimum absolute atomic E-state index is 0.0501. The second kappa shape index (κ2) is 19.1. The summed E-state index contributed by atoms with van der Waals surface area (Å²) in [5, 5.41) is 9.64. The molecule has 5 rings (SSSR count). The molecule has 0 saturated heterocycles. The molecule has 4 amide bonds. The Bertz CT molecular complexity index is 2670. The van der Waals surface area contributed by atoms with Crippen LogP contribution in [0.4, 0.5) is 28.9 Å². The van der Waals surface area contributed by atoms with Crippen LogP contribution in [0, 0.1) is 75.1 Å². The molecule has 0 aliphatic carbocycles. The van der Waals surface area contributed by atoms with E-state index in [0.717, 1.165) is 24.3 Å². The molecule has 0 spiro atoms. The molecule has 3 heterocycles. The van der Waals surface area contributed by atoms with Gasteiger partial charge in [0.2, 0.25) is 0 Å². The molecule has 0 bridgehead atoms. The molecular weight excluding hydrogens is 789 g/mol.